The average molecular weight is 360 g/mol. The Kier molecular flexibility index (Phi) is 4.57. The van der Waals surface area contributed by atoms with Gasteiger partial charge in [-0.2, -0.15) is 0 Å². The molecule has 0 aliphatic carbocycles. The molecule has 0 saturated carbocycles. The molecule has 10 heteroatoms. The molecule has 1 unspecified atom stereocenters. The number of imide groups is 1. The second-order valence-electron chi connectivity index (χ2n) is 5.93. The number of carbonyl (C=O) groups is 5. The lowest BCUT2D eigenvalue weighted by Crippen LogP contribution is -2.52. The number of carbonyl (C=O) groups excluding carboxylic acids is 4. The van der Waals surface area contributed by atoms with E-state index in [-0.39, 0.29) is 31.2 Å². The van der Waals surface area contributed by atoms with Crippen LogP contribution in [0.3, 0.4) is 0 Å². The fourth-order valence-electron chi connectivity index (χ4n) is 3.03. The fourth-order valence-corrected chi connectivity index (χ4v) is 3.03. The molecule has 5 amide bonds. The number of carboxylic acids is 1. The van der Waals surface area contributed by atoms with Crippen molar-refractivity contribution in [2.45, 2.75) is 25.4 Å². The molecule has 1 aromatic carbocycles. The third kappa shape index (κ3) is 3.34. The van der Waals surface area contributed by atoms with Gasteiger partial charge in [-0.05, 0) is 18.6 Å². The van der Waals surface area contributed by atoms with Crippen LogP contribution >= 0.6 is 0 Å². The maximum absolute atomic E-state index is 12.6. The van der Waals surface area contributed by atoms with E-state index in [9.17, 15) is 24.0 Å². The van der Waals surface area contributed by atoms with Gasteiger partial charge in [-0.1, -0.05) is 6.07 Å². The first kappa shape index (κ1) is 17.4. The number of nitrogens with zero attached hydrogens (tertiary/aromatic N) is 1. The minimum absolute atomic E-state index is 0.107. The summed E-state index contributed by atoms with van der Waals surface area (Å²) in [7, 11) is 0. The lowest BCUT2D eigenvalue weighted by atomic mass is 10.0. The highest BCUT2D eigenvalue weighted by Gasteiger charge is 2.39. The van der Waals surface area contributed by atoms with Crippen LogP contribution in [0.1, 0.15) is 28.8 Å². The van der Waals surface area contributed by atoms with Crippen molar-refractivity contribution in [3.05, 3.63) is 29.3 Å². The monoisotopic (exact) mass is 360 g/mol. The van der Waals surface area contributed by atoms with Crippen LogP contribution in [-0.4, -0.2) is 52.3 Å². The van der Waals surface area contributed by atoms with Gasteiger partial charge in [-0.3, -0.25) is 24.5 Å². The molecule has 4 N–H and O–H groups in total. The SMILES string of the molecule is O=C(O)CNC(=O)Nc1cccc2c1CN(C1CCC(=O)NC1=O)C2=O. The van der Waals surface area contributed by atoms with Gasteiger partial charge in [0, 0.05) is 29.8 Å². The number of urea groups is 1. The highest BCUT2D eigenvalue weighted by atomic mass is 16.4. The van der Waals surface area contributed by atoms with Gasteiger partial charge in [-0.25, -0.2) is 4.79 Å². The molecular weight excluding hydrogens is 344 g/mol. The standard InChI is InChI=1S/C16H16N4O6/c21-12-5-4-11(14(24)19-12)20-7-9-8(15(20)25)2-1-3-10(9)18-16(26)17-6-13(22)23/h1-3,11H,4-7H2,(H,22,23)(H2,17,18,26)(H,19,21,24). The van der Waals surface area contributed by atoms with Crippen LogP contribution in [0.5, 0.6) is 0 Å². The molecule has 1 saturated heterocycles. The number of hydrogen-bond donors (Lipinski definition) is 4. The predicted molar refractivity (Wildman–Crippen MR) is 87.1 cm³/mol. The van der Waals surface area contributed by atoms with E-state index in [1.165, 1.54) is 4.90 Å². The third-order valence-corrected chi connectivity index (χ3v) is 4.23. The Hall–Kier alpha value is -3.43. The first-order valence-corrected chi connectivity index (χ1v) is 7.90. The zero-order valence-electron chi connectivity index (χ0n) is 13.6. The van der Waals surface area contributed by atoms with Crippen LogP contribution in [0.15, 0.2) is 18.2 Å². The van der Waals surface area contributed by atoms with Crippen LogP contribution in [0.4, 0.5) is 10.5 Å². The van der Waals surface area contributed by atoms with Crippen molar-refractivity contribution in [3.63, 3.8) is 0 Å². The van der Waals surface area contributed by atoms with Gasteiger partial charge in [0.15, 0.2) is 0 Å². The number of amides is 5. The van der Waals surface area contributed by atoms with E-state index in [4.69, 9.17) is 5.11 Å². The normalized spacial score (nSPS) is 19.0. The maximum atomic E-state index is 12.6. The average Bonchev–Trinajstić information content (AvgIpc) is 2.91. The van der Waals surface area contributed by atoms with E-state index in [2.05, 4.69) is 16.0 Å². The van der Waals surface area contributed by atoms with Crippen molar-refractivity contribution < 1.29 is 29.1 Å². The summed E-state index contributed by atoms with van der Waals surface area (Å²) in [6, 6.07) is 3.29. The molecule has 1 atom stereocenters. The first-order valence-electron chi connectivity index (χ1n) is 7.90. The second kappa shape index (κ2) is 6.82. The molecule has 1 aromatic rings. The Morgan fingerprint density at radius 3 is 2.73 bits per heavy atom. The zero-order valence-corrected chi connectivity index (χ0v) is 13.6. The van der Waals surface area contributed by atoms with E-state index in [1.807, 2.05) is 0 Å². The summed E-state index contributed by atoms with van der Waals surface area (Å²) >= 11 is 0. The highest BCUT2D eigenvalue weighted by molar-refractivity contribution is 6.06. The quantitative estimate of drug-likeness (QED) is 0.540. The number of piperidine rings is 1. The van der Waals surface area contributed by atoms with E-state index in [0.29, 0.717) is 16.8 Å². The van der Waals surface area contributed by atoms with Crippen molar-refractivity contribution in [1.82, 2.24) is 15.5 Å². The molecule has 26 heavy (non-hydrogen) atoms. The number of hydrogen-bond acceptors (Lipinski definition) is 5. The zero-order chi connectivity index (χ0) is 18.8. The third-order valence-electron chi connectivity index (χ3n) is 4.23. The van der Waals surface area contributed by atoms with Gasteiger partial charge in [0.05, 0.1) is 0 Å². The van der Waals surface area contributed by atoms with Crippen molar-refractivity contribution in [1.29, 1.82) is 0 Å². The Morgan fingerprint density at radius 1 is 1.27 bits per heavy atom. The predicted octanol–water partition coefficient (Wildman–Crippen LogP) is -0.346. The van der Waals surface area contributed by atoms with Gasteiger partial charge in [0.1, 0.15) is 12.6 Å². The van der Waals surface area contributed by atoms with E-state index >= 15 is 0 Å². The number of benzene rings is 1. The molecule has 0 aromatic heterocycles. The summed E-state index contributed by atoms with van der Waals surface area (Å²) in [5, 5.41) is 15.5. The van der Waals surface area contributed by atoms with Gasteiger partial charge < -0.3 is 20.6 Å². The molecule has 0 bridgehead atoms. The van der Waals surface area contributed by atoms with Crippen LogP contribution in [-0.2, 0) is 20.9 Å². The number of nitrogens with one attached hydrogen (secondary N) is 3. The van der Waals surface area contributed by atoms with Crippen molar-refractivity contribution in [2.24, 2.45) is 0 Å². The lowest BCUT2D eigenvalue weighted by Gasteiger charge is -2.29. The van der Waals surface area contributed by atoms with Gasteiger partial charge in [0.25, 0.3) is 5.91 Å². The molecule has 3 rings (SSSR count). The molecule has 2 aliphatic rings. The summed E-state index contributed by atoms with van der Waals surface area (Å²) in [4.78, 5) is 59.6. The van der Waals surface area contributed by atoms with Gasteiger partial charge >= 0.3 is 12.0 Å². The minimum Gasteiger partial charge on any atom is -0.480 e. The van der Waals surface area contributed by atoms with E-state index in [1.54, 1.807) is 18.2 Å². The fraction of sp³-hybridized carbons (Fsp3) is 0.312. The first-order chi connectivity index (χ1) is 12.4. The molecular formula is C16H16N4O6. The number of carboxylic acid groups (broad SMARTS) is 1. The Balaban J connectivity index is 1.77. The summed E-state index contributed by atoms with van der Waals surface area (Å²) in [5.74, 6) is -2.43. The molecule has 136 valence electrons. The summed E-state index contributed by atoms with van der Waals surface area (Å²) in [5.41, 5.74) is 1.24. The largest absolute Gasteiger partial charge is 0.480 e. The van der Waals surface area contributed by atoms with Crippen LogP contribution in [0.25, 0.3) is 0 Å². The minimum atomic E-state index is -1.18. The van der Waals surface area contributed by atoms with Crippen LogP contribution in [0, 0.1) is 0 Å². The van der Waals surface area contributed by atoms with E-state index in [0.717, 1.165) is 0 Å². The lowest BCUT2D eigenvalue weighted by molar-refractivity contribution is -0.137. The molecule has 1 fully saturated rings. The molecule has 10 nitrogen and oxygen atoms in total. The Labute approximate surface area is 147 Å². The second-order valence-corrected chi connectivity index (χ2v) is 5.93. The molecule has 2 aliphatic heterocycles. The topological polar surface area (TPSA) is 145 Å². The van der Waals surface area contributed by atoms with Crippen molar-refractivity contribution in [2.75, 3.05) is 11.9 Å². The Morgan fingerprint density at radius 2 is 2.04 bits per heavy atom. The molecule has 0 spiro atoms. The number of fused-ring (bicyclic) bond motifs is 1. The smallest absolute Gasteiger partial charge is 0.323 e. The van der Waals surface area contributed by atoms with Crippen LogP contribution in [0.2, 0.25) is 0 Å². The number of aliphatic carboxylic acids is 1. The highest BCUT2D eigenvalue weighted by Crippen LogP contribution is 2.32. The summed E-state index contributed by atoms with van der Waals surface area (Å²) in [6.45, 7) is -0.433. The van der Waals surface area contributed by atoms with Crippen LogP contribution < -0.4 is 16.0 Å². The number of rotatable bonds is 4. The Bertz CT molecular complexity index is 821. The maximum Gasteiger partial charge on any atom is 0.323 e. The number of anilines is 1. The van der Waals surface area contributed by atoms with Gasteiger partial charge in [-0.15, -0.1) is 0 Å². The summed E-state index contributed by atoms with van der Waals surface area (Å²) in [6.07, 6.45) is 0.394. The molecule has 2 heterocycles. The van der Waals surface area contributed by atoms with Crippen molar-refractivity contribution in [3.8, 4) is 0 Å². The van der Waals surface area contributed by atoms with Crippen molar-refractivity contribution >= 4 is 35.4 Å². The van der Waals surface area contributed by atoms with E-state index < -0.39 is 30.5 Å². The molecule has 0 radical (unpaired) electrons. The van der Waals surface area contributed by atoms with Gasteiger partial charge in [0.2, 0.25) is 11.8 Å². The summed E-state index contributed by atoms with van der Waals surface area (Å²) < 4.78 is 0.